The molecular weight excluding hydrogens is 478 g/mol. The van der Waals surface area contributed by atoms with Crippen molar-refractivity contribution in [3.8, 4) is 5.75 Å². The van der Waals surface area contributed by atoms with Crippen molar-refractivity contribution in [2.24, 2.45) is 0 Å². The second kappa shape index (κ2) is 13.3. The first-order chi connectivity index (χ1) is 17.0. The zero-order chi connectivity index (χ0) is 26.9. The molecule has 2 amide bonds. The van der Waals surface area contributed by atoms with Crippen LogP contribution in [-0.2, 0) is 26.2 Å². The van der Waals surface area contributed by atoms with Crippen LogP contribution in [0.5, 0.6) is 5.75 Å². The van der Waals surface area contributed by atoms with E-state index in [1.54, 1.807) is 31.4 Å². The topological polar surface area (TPSA) is 96.0 Å². The largest absolute Gasteiger partial charge is 0.497 e. The van der Waals surface area contributed by atoms with E-state index in [0.717, 1.165) is 40.1 Å². The Morgan fingerprint density at radius 1 is 1.06 bits per heavy atom. The van der Waals surface area contributed by atoms with Crippen LogP contribution in [0.1, 0.15) is 49.8 Å². The van der Waals surface area contributed by atoms with Crippen LogP contribution >= 0.6 is 0 Å². The molecule has 8 nitrogen and oxygen atoms in total. The number of nitrogens with one attached hydrogen (secondary N) is 1. The fourth-order valence-electron chi connectivity index (χ4n) is 3.89. The van der Waals surface area contributed by atoms with E-state index in [9.17, 15) is 18.0 Å². The highest BCUT2D eigenvalue weighted by atomic mass is 32.2. The molecular formula is C27H39N3O5S. The molecule has 1 atom stereocenters. The summed E-state index contributed by atoms with van der Waals surface area (Å²) in [6.07, 6.45) is 3.23. The summed E-state index contributed by atoms with van der Waals surface area (Å²) in [5.74, 6) is -0.0773. The Balaban J connectivity index is 2.44. The minimum Gasteiger partial charge on any atom is -0.497 e. The van der Waals surface area contributed by atoms with Crippen LogP contribution in [0.4, 0.5) is 5.69 Å². The molecule has 198 valence electrons. The van der Waals surface area contributed by atoms with Crippen molar-refractivity contribution in [3.05, 3.63) is 59.2 Å². The number of methoxy groups -OCH3 is 1. The van der Waals surface area contributed by atoms with E-state index in [1.807, 2.05) is 45.9 Å². The number of anilines is 1. The molecule has 0 radical (unpaired) electrons. The molecule has 0 aliphatic rings. The summed E-state index contributed by atoms with van der Waals surface area (Å²) in [5, 5.41) is 2.92. The molecule has 0 saturated carbocycles. The van der Waals surface area contributed by atoms with Crippen LogP contribution < -0.4 is 14.4 Å². The molecule has 0 aliphatic heterocycles. The van der Waals surface area contributed by atoms with Crippen molar-refractivity contribution in [2.45, 2.75) is 59.5 Å². The first-order valence-electron chi connectivity index (χ1n) is 12.3. The lowest BCUT2D eigenvalue weighted by Gasteiger charge is -2.33. The summed E-state index contributed by atoms with van der Waals surface area (Å²) in [7, 11) is -2.20. The Bertz CT molecular complexity index is 1150. The van der Waals surface area contributed by atoms with Gasteiger partial charge in [0.2, 0.25) is 21.8 Å². The first kappa shape index (κ1) is 29.2. The number of amides is 2. The molecule has 1 N–H and O–H groups in total. The molecule has 0 aromatic heterocycles. The van der Waals surface area contributed by atoms with Crippen LogP contribution in [0.15, 0.2) is 42.5 Å². The third-order valence-electron chi connectivity index (χ3n) is 6.16. The van der Waals surface area contributed by atoms with Crippen molar-refractivity contribution >= 4 is 27.5 Å². The highest BCUT2D eigenvalue weighted by Crippen LogP contribution is 2.23. The van der Waals surface area contributed by atoms with E-state index in [0.29, 0.717) is 24.4 Å². The second-order valence-corrected chi connectivity index (χ2v) is 10.9. The molecule has 0 heterocycles. The predicted molar refractivity (Wildman–Crippen MR) is 144 cm³/mol. The summed E-state index contributed by atoms with van der Waals surface area (Å²) >= 11 is 0. The maximum atomic E-state index is 13.7. The highest BCUT2D eigenvalue weighted by molar-refractivity contribution is 7.92. The number of carbonyl (C=O) groups excluding carboxylic acids is 2. The van der Waals surface area contributed by atoms with Gasteiger partial charge in [-0.15, -0.1) is 0 Å². The SMILES string of the molecule is CCCCNC(=O)C(CC)N(Cc1cccc(OC)c1)C(=O)CN(c1ccc(C)c(C)c1)S(C)(=O)=O. The zero-order valence-corrected chi connectivity index (χ0v) is 23.0. The van der Waals surface area contributed by atoms with Gasteiger partial charge in [-0.2, -0.15) is 0 Å². The van der Waals surface area contributed by atoms with E-state index in [-0.39, 0.29) is 12.5 Å². The fraction of sp³-hybridized carbons (Fsp3) is 0.481. The standard InChI is InChI=1S/C27H39N3O5S/c1-7-9-15-28-27(32)25(8-2)29(18-22-11-10-12-24(17-22)35-5)26(31)19-30(36(6,33)34)23-14-13-20(3)21(4)16-23/h10-14,16-17,25H,7-9,15,18-19H2,1-6H3,(H,28,32). The highest BCUT2D eigenvalue weighted by Gasteiger charge is 2.31. The van der Waals surface area contributed by atoms with Gasteiger partial charge in [-0.1, -0.05) is 38.5 Å². The molecule has 1 unspecified atom stereocenters. The lowest BCUT2D eigenvalue weighted by atomic mass is 10.1. The lowest BCUT2D eigenvalue weighted by Crippen LogP contribution is -2.52. The van der Waals surface area contributed by atoms with Gasteiger partial charge < -0.3 is 15.0 Å². The van der Waals surface area contributed by atoms with Gasteiger partial charge in [0.05, 0.1) is 19.1 Å². The van der Waals surface area contributed by atoms with Gasteiger partial charge in [-0.3, -0.25) is 13.9 Å². The van der Waals surface area contributed by atoms with Crippen molar-refractivity contribution in [1.29, 1.82) is 0 Å². The van der Waals surface area contributed by atoms with Crippen molar-refractivity contribution < 1.29 is 22.7 Å². The van der Waals surface area contributed by atoms with Gasteiger partial charge in [-0.05, 0) is 67.6 Å². The quantitative estimate of drug-likeness (QED) is 0.408. The third-order valence-corrected chi connectivity index (χ3v) is 7.30. The first-order valence-corrected chi connectivity index (χ1v) is 14.1. The fourth-order valence-corrected chi connectivity index (χ4v) is 4.73. The number of hydrogen-bond acceptors (Lipinski definition) is 5. The summed E-state index contributed by atoms with van der Waals surface area (Å²) < 4.78 is 31.9. The van der Waals surface area contributed by atoms with E-state index < -0.39 is 28.5 Å². The Kier molecular flexibility index (Phi) is 10.8. The Hall–Kier alpha value is -3.07. The molecule has 2 aromatic carbocycles. The third kappa shape index (κ3) is 7.98. The Morgan fingerprint density at radius 2 is 1.78 bits per heavy atom. The van der Waals surface area contributed by atoms with Gasteiger partial charge in [0.15, 0.2) is 0 Å². The number of nitrogens with zero attached hydrogens (tertiary/aromatic N) is 2. The molecule has 36 heavy (non-hydrogen) atoms. The zero-order valence-electron chi connectivity index (χ0n) is 22.2. The summed E-state index contributed by atoms with van der Waals surface area (Å²) in [6.45, 7) is 7.95. The van der Waals surface area contributed by atoms with Crippen molar-refractivity contribution in [1.82, 2.24) is 10.2 Å². The number of unbranched alkanes of at least 4 members (excludes halogenated alkanes) is 1. The maximum Gasteiger partial charge on any atom is 0.244 e. The normalized spacial score (nSPS) is 12.1. The van der Waals surface area contributed by atoms with Crippen LogP contribution in [0.2, 0.25) is 0 Å². The lowest BCUT2D eigenvalue weighted by molar-refractivity contribution is -0.140. The van der Waals surface area contributed by atoms with Crippen LogP contribution in [0, 0.1) is 13.8 Å². The maximum absolute atomic E-state index is 13.7. The van der Waals surface area contributed by atoms with E-state index in [1.165, 1.54) is 4.90 Å². The van der Waals surface area contributed by atoms with Crippen molar-refractivity contribution in [3.63, 3.8) is 0 Å². The van der Waals surface area contributed by atoms with Gasteiger partial charge in [0, 0.05) is 13.1 Å². The number of ether oxygens (including phenoxy) is 1. The molecule has 9 heteroatoms. The number of carbonyl (C=O) groups is 2. The van der Waals surface area contributed by atoms with E-state index >= 15 is 0 Å². The number of sulfonamides is 1. The molecule has 0 saturated heterocycles. The average Bonchev–Trinajstić information content (AvgIpc) is 2.83. The summed E-state index contributed by atoms with van der Waals surface area (Å²) in [5.41, 5.74) is 3.13. The monoisotopic (exact) mass is 517 g/mol. The Morgan fingerprint density at radius 3 is 2.36 bits per heavy atom. The minimum absolute atomic E-state index is 0.139. The van der Waals surface area contributed by atoms with Gasteiger partial charge >= 0.3 is 0 Å². The Labute approximate surface area is 215 Å². The molecule has 2 rings (SSSR count). The van der Waals surface area contributed by atoms with E-state index in [2.05, 4.69) is 5.32 Å². The summed E-state index contributed by atoms with van der Waals surface area (Å²) in [6, 6.07) is 11.8. The molecule has 0 aliphatic carbocycles. The van der Waals surface area contributed by atoms with Crippen LogP contribution in [-0.4, -0.2) is 57.6 Å². The number of aryl methyl sites for hydroxylation is 2. The van der Waals surface area contributed by atoms with Crippen LogP contribution in [0.25, 0.3) is 0 Å². The van der Waals surface area contributed by atoms with Crippen LogP contribution in [0.3, 0.4) is 0 Å². The smallest absolute Gasteiger partial charge is 0.244 e. The van der Waals surface area contributed by atoms with Gasteiger partial charge in [-0.25, -0.2) is 8.42 Å². The number of benzene rings is 2. The van der Waals surface area contributed by atoms with Gasteiger partial charge in [0.1, 0.15) is 18.3 Å². The number of hydrogen-bond donors (Lipinski definition) is 1. The average molecular weight is 518 g/mol. The molecule has 0 bridgehead atoms. The second-order valence-electron chi connectivity index (χ2n) is 8.98. The van der Waals surface area contributed by atoms with E-state index in [4.69, 9.17) is 4.74 Å². The van der Waals surface area contributed by atoms with Gasteiger partial charge in [0.25, 0.3) is 0 Å². The molecule has 2 aromatic rings. The predicted octanol–water partition coefficient (Wildman–Crippen LogP) is 3.80. The molecule has 0 spiro atoms. The van der Waals surface area contributed by atoms with Crippen molar-refractivity contribution in [2.75, 3.05) is 30.8 Å². The number of rotatable bonds is 13. The summed E-state index contributed by atoms with van der Waals surface area (Å²) in [4.78, 5) is 28.3. The minimum atomic E-state index is -3.76. The molecule has 0 fully saturated rings.